The molecule has 1 amide bonds. The highest BCUT2D eigenvalue weighted by molar-refractivity contribution is 5.94. The van der Waals surface area contributed by atoms with E-state index in [2.05, 4.69) is 5.10 Å². The van der Waals surface area contributed by atoms with Gasteiger partial charge in [-0.15, -0.1) is 0 Å². The van der Waals surface area contributed by atoms with E-state index < -0.39 is 5.60 Å². The van der Waals surface area contributed by atoms with Crippen LogP contribution >= 0.6 is 0 Å². The second kappa shape index (κ2) is 7.27. The number of ether oxygens (including phenoxy) is 1. The van der Waals surface area contributed by atoms with E-state index in [0.29, 0.717) is 18.9 Å². The van der Waals surface area contributed by atoms with E-state index in [-0.39, 0.29) is 11.6 Å². The molecule has 0 aliphatic heterocycles. The average Bonchev–Trinajstić information content (AvgIpc) is 3.22. The summed E-state index contributed by atoms with van der Waals surface area (Å²) in [6.45, 7) is 2.64. The number of rotatable bonds is 6. The Hall–Kier alpha value is -2.34. The Balaban J connectivity index is 1.84. The van der Waals surface area contributed by atoms with Crippen LogP contribution in [0, 0.1) is 0 Å². The van der Waals surface area contributed by atoms with Gasteiger partial charge in [0.2, 0.25) is 0 Å². The molecule has 1 aromatic heterocycles. The van der Waals surface area contributed by atoms with Gasteiger partial charge in [-0.2, -0.15) is 5.10 Å². The number of hydrogen-bond acceptors (Lipinski definition) is 4. The van der Waals surface area contributed by atoms with Gasteiger partial charge < -0.3 is 14.7 Å². The highest BCUT2D eigenvalue weighted by Gasteiger charge is 2.34. The number of para-hydroxylation sites is 1. The standard InChI is InChI=1S/C19H25N3O3/c1-3-25-16-13-22(15-9-5-4-6-10-15)20-17(16)18(23)21(2)14-19(24)11-7-8-12-19/h4-6,9-10,13,24H,3,7-8,11-12,14H2,1-2H3. The Morgan fingerprint density at radius 2 is 2.00 bits per heavy atom. The molecule has 0 bridgehead atoms. The van der Waals surface area contributed by atoms with Gasteiger partial charge >= 0.3 is 0 Å². The first-order valence-corrected chi connectivity index (χ1v) is 8.78. The van der Waals surface area contributed by atoms with Crippen molar-refractivity contribution >= 4 is 5.91 Å². The Kier molecular flexibility index (Phi) is 5.08. The van der Waals surface area contributed by atoms with Crippen molar-refractivity contribution in [2.24, 2.45) is 0 Å². The molecule has 1 saturated carbocycles. The molecule has 1 heterocycles. The second-order valence-electron chi connectivity index (χ2n) is 6.65. The van der Waals surface area contributed by atoms with Gasteiger partial charge in [-0.05, 0) is 31.9 Å². The summed E-state index contributed by atoms with van der Waals surface area (Å²) in [5, 5.41) is 15.0. The zero-order chi connectivity index (χ0) is 17.9. The molecule has 6 heteroatoms. The fourth-order valence-electron chi connectivity index (χ4n) is 3.37. The number of benzene rings is 1. The van der Waals surface area contributed by atoms with Crippen LogP contribution in [0.15, 0.2) is 36.5 Å². The normalized spacial score (nSPS) is 16.0. The summed E-state index contributed by atoms with van der Waals surface area (Å²) < 4.78 is 7.26. The molecule has 0 spiro atoms. The quantitative estimate of drug-likeness (QED) is 0.875. The van der Waals surface area contributed by atoms with Crippen LogP contribution in [0.2, 0.25) is 0 Å². The maximum Gasteiger partial charge on any atom is 0.278 e. The summed E-state index contributed by atoms with van der Waals surface area (Å²) in [7, 11) is 1.70. The Bertz CT molecular complexity index is 721. The summed E-state index contributed by atoms with van der Waals surface area (Å²) >= 11 is 0. The second-order valence-corrected chi connectivity index (χ2v) is 6.65. The number of carbonyl (C=O) groups is 1. The molecule has 134 valence electrons. The van der Waals surface area contributed by atoms with E-state index >= 15 is 0 Å². The molecule has 1 fully saturated rings. The minimum Gasteiger partial charge on any atom is -0.490 e. The molecule has 2 aromatic rings. The monoisotopic (exact) mass is 343 g/mol. The molecule has 0 radical (unpaired) electrons. The van der Waals surface area contributed by atoms with E-state index in [9.17, 15) is 9.90 Å². The number of amides is 1. The molecule has 1 aromatic carbocycles. The van der Waals surface area contributed by atoms with Gasteiger partial charge in [0.25, 0.3) is 5.91 Å². The first-order valence-electron chi connectivity index (χ1n) is 8.78. The van der Waals surface area contributed by atoms with E-state index in [4.69, 9.17) is 4.74 Å². The van der Waals surface area contributed by atoms with Crippen LogP contribution in [0.4, 0.5) is 0 Å². The predicted molar refractivity (Wildman–Crippen MR) is 95.1 cm³/mol. The van der Waals surface area contributed by atoms with E-state index in [1.807, 2.05) is 37.3 Å². The number of nitrogens with zero attached hydrogens (tertiary/aromatic N) is 3. The van der Waals surface area contributed by atoms with Crippen molar-refractivity contribution in [3.8, 4) is 11.4 Å². The highest BCUT2D eigenvalue weighted by atomic mass is 16.5. The van der Waals surface area contributed by atoms with Crippen molar-refractivity contribution in [3.05, 3.63) is 42.2 Å². The Morgan fingerprint density at radius 3 is 2.64 bits per heavy atom. The van der Waals surface area contributed by atoms with Crippen molar-refractivity contribution in [1.82, 2.24) is 14.7 Å². The lowest BCUT2D eigenvalue weighted by Gasteiger charge is -2.28. The highest BCUT2D eigenvalue weighted by Crippen LogP contribution is 2.30. The van der Waals surface area contributed by atoms with Crippen molar-refractivity contribution in [3.63, 3.8) is 0 Å². The van der Waals surface area contributed by atoms with Crippen molar-refractivity contribution in [1.29, 1.82) is 0 Å². The van der Waals surface area contributed by atoms with Crippen LogP contribution in [0.5, 0.6) is 5.75 Å². The third-order valence-corrected chi connectivity index (χ3v) is 4.62. The van der Waals surface area contributed by atoms with Gasteiger partial charge in [-0.1, -0.05) is 31.0 Å². The molecule has 6 nitrogen and oxygen atoms in total. The summed E-state index contributed by atoms with van der Waals surface area (Å²) in [4.78, 5) is 14.4. The van der Waals surface area contributed by atoms with Gasteiger partial charge in [0.05, 0.1) is 24.1 Å². The summed E-state index contributed by atoms with van der Waals surface area (Å²) in [6, 6.07) is 9.60. The zero-order valence-electron chi connectivity index (χ0n) is 14.8. The molecule has 0 atom stereocenters. The third kappa shape index (κ3) is 3.85. The topological polar surface area (TPSA) is 67.6 Å². The van der Waals surface area contributed by atoms with E-state index in [1.54, 1.807) is 22.8 Å². The van der Waals surface area contributed by atoms with Gasteiger partial charge in [0.1, 0.15) is 0 Å². The fourth-order valence-corrected chi connectivity index (χ4v) is 3.37. The number of hydrogen-bond donors (Lipinski definition) is 1. The smallest absolute Gasteiger partial charge is 0.278 e. The number of aromatic nitrogens is 2. The largest absolute Gasteiger partial charge is 0.490 e. The van der Waals surface area contributed by atoms with Gasteiger partial charge in [0.15, 0.2) is 11.4 Å². The first kappa shape index (κ1) is 17.5. The van der Waals surface area contributed by atoms with Crippen molar-refractivity contribution in [2.75, 3.05) is 20.2 Å². The fraction of sp³-hybridized carbons (Fsp3) is 0.474. The van der Waals surface area contributed by atoms with E-state index in [0.717, 1.165) is 31.4 Å². The van der Waals surface area contributed by atoms with Gasteiger partial charge in [-0.25, -0.2) is 4.68 Å². The minimum absolute atomic E-state index is 0.238. The summed E-state index contributed by atoms with van der Waals surface area (Å²) in [6.07, 6.45) is 5.21. The molecular formula is C19H25N3O3. The van der Waals surface area contributed by atoms with Crippen LogP contribution in [-0.4, -0.2) is 51.5 Å². The molecule has 0 saturated heterocycles. The predicted octanol–water partition coefficient (Wildman–Crippen LogP) is 2.65. The summed E-state index contributed by atoms with van der Waals surface area (Å²) in [5.74, 6) is 0.222. The zero-order valence-corrected chi connectivity index (χ0v) is 14.8. The van der Waals surface area contributed by atoms with Crippen LogP contribution in [-0.2, 0) is 0 Å². The lowest BCUT2D eigenvalue weighted by molar-refractivity contribution is 0.0153. The van der Waals surface area contributed by atoms with Crippen molar-refractivity contribution < 1.29 is 14.6 Å². The van der Waals surface area contributed by atoms with Gasteiger partial charge in [-0.3, -0.25) is 4.79 Å². The first-order chi connectivity index (χ1) is 12.0. The lowest BCUT2D eigenvalue weighted by Crippen LogP contribution is -2.42. The van der Waals surface area contributed by atoms with E-state index in [1.165, 1.54) is 0 Å². The molecule has 0 unspecified atom stereocenters. The minimum atomic E-state index is -0.780. The number of aliphatic hydroxyl groups is 1. The van der Waals surface area contributed by atoms with Crippen LogP contribution in [0.1, 0.15) is 43.1 Å². The van der Waals surface area contributed by atoms with Crippen LogP contribution in [0.25, 0.3) is 5.69 Å². The molecule has 1 N–H and O–H groups in total. The van der Waals surface area contributed by atoms with Crippen LogP contribution in [0.3, 0.4) is 0 Å². The molecule has 1 aliphatic carbocycles. The maximum absolute atomic E-state index is 12.9. The Labute approximate surface area is 148 Å². The molecule has 25 heavy (non-hydrogen) atoms. The average molecular weight is 343 g/mol. The number of carbonyl (C=O) groups excluding carboxylic acids is 1. The Morgan fingerprint density at radius 1 is 1.32 bits per heavy atom. The summed E-state index contributed by atoms with van der Waals surface area (Å²) in [5.41, 5.74) is 0.354. The van der Waals surface area contributed by atoms with Crippen molar-refractivity contribution in [2.45, 2.75) is 38.2 Å². The molecular weight excluding hydrogens is 318 g/mol. The molecule has 1 aliphatic rings. The van der Waals surface area contributed by atoms with Gasteiger partial charge in [0, 0.05) is 13.6 Å². The maximum atomic E-state index is 12.9. The van der Waals surface area contributed by atoms with Crippen LogP contribution < -0.4 is 4.74 Å². The SMILES string of the molecule is CCOc1cn(-c2ccccc2)nc1C(=O)N(C)CC1(O)CCCC1. The molecule has 3 rings (SSSR count). The number of likely N-dealkylation sites (N-methyl/N-ethyl adjacent to an activating group) is 1. The lowest BCUT2D eigenvalue weighted by atomic mass is 10.0. The third-order valence-electron chi connectivity index (χ3n) is 4.62.